The molecule has 4 nitrogen and oxygen atoms in total. The molecule has 0 aromatic rings. The number of carbonyl (C=O) groups excluding carboxylic acids is 2. The van der Waals surface area contributed by atoms with E-state index < -0.39 is 11.6 Å². The highest BCUT2D eigenvalue weighted by Gasteiger charge is 2.42. The first-order valence-corrected chi connectivity index (χ1v) is 3.24. The molecule has 1 aliphatic carbocycles. The molecule has 4 heteroatoms. The molecule has 0 saturated carbocycles. The first kappa shape index (κ1) is 6.15. The molecular formula is C7H6N2O2. The quantitative estimate of drug-likeness (QED) is 0.465. The molecule has 1 heterocycles. The van der Waals surface area contributed by atoms with Gasteiger partial charge < -0.3 is 5.32 Å². The van der Waals surface area contributed by atoms with Crippen LogP contribution in [0.3, 0.4) is 0 Å². The van der Waals surface area contributed by atoms with Gasteiger partial charge in [0.15, 0.2) is 5.54 Å². The second-order valence-corrected chi connectivity index (χ2v) is 2.50. The summed E-state index contributed by atoms with van der Waals surface area (Å²) in [6.07, 6.45) is 6.75. The Kier molecular flexibility index (Phi) is 0.961. The van der Waals surface area contributed by atoms with Gasteiger partial charge in [-0.05, 0) is 12.2 Å². The topological polar surface area (TPSA) is 58.2 Å². The summed E-state index contributed by atoms with van der Waals surface area (Å²) in [6, 6.07) is -0.439. The third kappa shape index (κ3) is 0.690. The minimum Gasteiger partial charge on any atom is -0.317 e. The Balaban J connectivity index is 2.40. The van der Waals surface area contributed by atoms with E-state index >= 15 is 0 Å². The highest BCUT2D eigenvalue weighted by Crippen LogP contribution is 2.18. The Labute approximate surface area is 63.0 Å². The zero-order valence-electron chi connectivity index (χ0n) is 5.63. The van der Waals surface area contributed by atoms with Crippen LogP contribution in [0.4, 0.5) is 4.79 Å². The molecule has 0 bridgehead atoms. The van der Waals surface area contributed by atoms with Gasteiger partial charge in [0.25, 0.3) is 5.91 Å². The fraction of sp³-hybridized carbons (Fsp3) is 0.143. The van der Waals surface area contributed by atoms with Crippen molar-refractivity contribution in [3.8, 4) is 0 Å². The highest BCUT2D eigenvalue weighted by atomic mass is 16.2. The Hall–Kier alpha value is -1.58. The van der Waals surface area contributed by atoms with Crippen LogP contribution in [-0.4, -0.2) is 17.5 Å². The summed E-state index contributed by atoms with van der Waals surface area (Å²) in [5.74, 6) is -0.312. The van der Waals surface area contributed by atoms with Gasteiger partial charge in [-0.1, -0.05) is 12.2 Å². The molecular weight excluding hydrogens is 144 g/mol. The van der Waals surface area contributed by atoms with Crippen molar-refractivity contribution in [2.75, 3.05) is 0 Å². The monoisotopic (exact) mass is 150 g/mol. The molecule has 1 fully saturated rings. The van der Waals surface area contributed by atoms with Crippen LogP contribution < -0.4 is 10.6 Å². The smallest absolute Gasteiger partial charge is 0.317 e. The molecule has 2 rings (SSSR count). The SMILES string of the molecule is O=C1NC(=O)C2(C=CC=C2)N1. The number of amides is 3. The molecule has 0 radical (unpaired) electrons. The van der Waals surface area contributed by atoms with Crippen LogP contribution in [0.15, 0.2) is 24.3 Å². The van der Waals surface area contributed by atoms with E-state index in [1.807, 2.05) is 0 Å². The van der Waals surface area contributed by atoms with Crippen LogP contribution in [0.1, 0.15) is 0 Å². The van der Waals surface area contributed by atoms with Gasteiger partial charge in [0.1, 0.15) is 0 Å². The third-order valence-corrected chi connectivity index (χ3v) is 1.75. The maximum absolute atomic E-state index is 11.1. The summed E-state index contributed by atoms with van der Waals surface area (Å²) in [5, 5.41) is 4.66. The molecule has 1 saturated heterocycles. The van der Waals surface area contributed by atoms with Gasteiger partial charge in [-0.3, -0.25) is 10.1 Å². The second-order valence-electron chi connectivity index (χ2n) is 2.50. The van der Waals surface area contributed by atoms with E-state index in [4.69, 9.17) is 0 Å². The number of hydrogen-bond donors (Lipinski definition) is 2. The number of imide groups is 1. The van der Waals surface area contributed by atoms with Crippen LogP contribution >= 0.6 is 0 Å². The van der Waals surface area contributed by atoms with Crippen molar-refractivity contribution in [1.29, 1.82) is 0 Å². The van der Waals surface area contributed by atoms with Crippen LogP contribution in [0.2, 0.25) is 0 Å². The summed E-state index contributed by atoms with van der Waals surface area (Å²) in [6.45, 7) is 0. The highest BCUT2D eigenvalue weighted by molar-refractivity contribution is 6.10. The van der Waals surface area contributed by atoms with E-state index in [2.05, 4.69) is 10.6 Å². The molecule has 1 spiro atoms. The van der Waals surface area contributed by atoms with Crippen LogP contribution in [0.25, 0.3) is 0 Å². The van der Waals surface area contributed by atoms with Crippen molar-refractivity contribution in [3.63, 3.8) is 0 Å². The predicted octanol–water partition coefficient (Wildman–Crippen LogP) is -0.309. The average molecular weight is 150 g/mol. The van der Waals surface area contributed by atoms with Crippen molar-refractivity contribution in [3.05, 3.63) is 24.3 Å². The fourth-order valence-corrected chi connectivity index (χ4v) is 1.19. The normalized spacial score (nSPS) is 24.4. The van der Waals surface area contributed by atoms with E-state index in [0.717, 1.165) is 0 Å². The lowest BCUT2D eigenvalue weighted by atomic mass is 10.0. The van der Waals surface area contributed by atoms with E-state index in [1.165, 1.54) is 0 Å². The number of hydrogen-bond acceptors (Lipinski definition) is 2. The van der Waals surface area contributed by atoms with Gasteiger partial charge in [-0.15, -0.1) is 0 Å². The minimum atomic E-state index is -0.892. The molecule has 2 aliphatic rings. The Morgan fingerprint density at radius 3 is 2.27 bits per heavy atom. The fourth-order valence-electron chi connectivity index (χ4n) is 1.19. The maximum Gasteiger partial charge on any atom is 0.322 e. The van der Waals surface area contributed by atoms with Crippen molar-refractivity contribution in [2.24, 2.45) is 0 Å². The predicted molar refractivity (Wildman–Crippen MR) is 37.7 cm³/mol. The van der Waals surface area contributed by atoms with Gasteiger partial charge >= 0.3 is 6.03 Å². The Bertz CT molecular complexity index is 279. The van der Waals surface area contributed by atoms with Crippen molar-refractivity contribution >= 4 is 11.9 Å². The summed E-state index contributed by atoms with van der Waals surface area (Å²) in [5.41, 5.74) is -0.892. The van der Waals surface area contributed by atoms with Crippen molar-refractivity contribution < 1.29 is 9.59 Å². The van der Waals surface area contributed by atoms with Crippen LogP contribution in [0.5, 0.6) is 0 Å². The number of nitrogens with one attached hydrogen (secondary N) is 2. The van der Waals surface area contributed by atoms with E-state index in [1.54, 1.807) is 24.3 Å². The van der Waals surface area contributed by atoms with E-state index in [-0.39, 0.29) is 5.91 Å². The largest absolute Gasteiger partial charge is 0.322 e. The summed E-state index contributed by atoms with van der Waals surface area (Å²) < 4.78 is 0. The second kappa shape index (κ2) is 1.72. The Morgan fingerprint density at radius 2 is 1.82 bits per heavy atom. The van der Waals surface area contributed by atoms with Gasteiger partial charge in [0.05, 0.1) is 0 Å². The third-order valence-electron chi connectivity index (χ3n) is 1.75. The molecule has 0 aromatic heterocycles. The van der Waals surface area contributed by atoms with Gasteiger partial charge in [-0.2, -0.15) is 0 Å². The standard InChI is InChI=1S/C7H6N2O2/c10-5-7(3-1-2-4-7)9-6(11)8-5/h1-4H,(H2,8,9,10,11). The van der Waals surface area contributed by atoms with Crippen molar-refractivity contribution in [1.82, 2.24) is 10.6 Å². The van der Waals surface area contributed by atoms with Crippen LogP contribution in [-0.2, 0) is 4.79 Å². The first-order chi connectivity index (χ1) is 5.23. The molecule has 11 heavy (non-hydrogen) atoms. The summed E-state index contributed by atoms with van der Waals surface area (Å²) in [4.78, 5) is 21.8. The molecule has 0 atom stereocenters. The molecule has 2 N–H and O–H groups in total. The van der Waals surface area contributed by atoms with Gasteiger partial charge in [0, 0.05) is 0 Å². The summed E-state index contributed by atoms with van der Waals surface area (Å²) >= 11 is 0. The lowest BCUT2D eigenvalue weighted by Crippen LogP contribution is -2.41. The zero-order valence-corrected chi connectivity index (χ0v) is 5.63. The minimum absolute atomic E-state index is 0.312. The molecule has 56 valence electrons. The summed E-state index contributed by atoms with van der Waals surface area (Å²) in [7, 11) is 0. The van der Waals surface area contributed by atoms with Gasteiger partial charge in [-0.25, -0.2) is 4.79 Å². The first-order valence-electron chi connectivity index (χ1n) is 3.24. The number of allylic oxidation sites excluding steroid dienone is 2. The molecule has 0 unspecified atom stereocenters. The molecule has 0 aromatic carbocycles. The van der Waals surface area contributed by atoms with E-state index in [9.17, 15) is 9.59 Å². The number of rotatable bonds is 0. The van der Waals surface area contributed by atoms with E-state index in [0.29, 0.717) is 0 Å². The number of carbonyl (C=O) groups is 2. The average Bonchev–Trinajstić information content (AvgIpc) is 2.45. The van der Waals surface area contributed by atoms with Crippen LogP contribution in [0, 0.1) is 0 Å². The molecule has 3 amide bonds. The Morgan fingerprint density at radius 1 is 1.18 bits per heavy atom. The lowest BCUT2D eigenvalue weighted by Gasteiger charge is -2.12. The van der Waals surface area contributed by atoms with Crippen molar-refractivity contribution in [2.45, 2.75) is 5.54 Å². The zero-order chi connectivity index (χ0) is 7.90. The van der Waals surface area contributed by atoms with Gasteiger partial charge in [0.2, 0.25) is 0 Å². The lowest BCUT2D eigenvalue weighted by molar-refractivity contribution is -0.121. The molecule has 1 aliphatic heterocycles. The maximum atomic E-state index is 11.1. The number of urea groups is 1.